The largest absolute Gasteiger partial charge is 0.364 e. The van der Waals surface area contributed by atoms with Crippen LogP contribution in [0.15, 0.2) is 58.2 Å². The summed E-state index contributed by atoms with van der Waals surface area (Å²) in [5, 5.41) is 15.0. The molecule has 0 bridgehead atoms. The van der Waals surface area contributed by atoms with E-state index in [-0.39, 0.29) is 11.5 Å². The van der Waals surface area contributed by atoms with Crippen LogP contribution in [-0.2, 0) is 0 Å². The van der Waals surface area contributed by atoms with Crippen molar-refractivity contribution in [3.63, 3.8) is 0 Å². The van der Waals surface area contributed by atoms with E-state index in [0.29, 0.717) is 11.6 Å². The molecule has 1 aliphatic rings. The Labute approximate surface area is 150 Å². The second-order valence-corrected chi connectivity index (χ2v) is 6.90. The maximum absolute atomic E-state index is 11.6. The first-order chi connectivity index (χ1) is 12.2. The quantitative estimate of drug-likeness (QED) is 0.331. The average molecular weight is 356 g/mol. The van der Waals surface area contributed by atoms with E-state index >= 15 is 0 Å². The van der Waals surface area contributed by atoms with Crippen molar-refractivity contribution in [2.24, 2.45) is 0 Å². The Morgan fingerprint density at radius 3 is 2.76 bits per heavy atom. The smallest absolute Gasteiger partial charge is 0.343 e. The summed E-state index contributed by atoms with van der Waals surface area (Å²) >= 11 is 1.27. The van der Waals surface area contributed by atoms with Gasteiger partial charge in [0.25, 0.3) is 0 Å². The topological polar surface area (TPSA) is 81.0 Å². The molecule has 25 heavy (non-hydrogen) atoms. The zero-order valence-electron chi connectivity index (χ0n) is 13.9. The summed E-state index contributed by atoms with van der Waals surface area (Å²) < 4.78 is 0. The van der Waals surface area contributed by atoms with Crippen LogP contribution in [-0.4, -0.2) is 21.4 Å². The fraction of sp³-hybridized carbons (Fsp3) is 0.333. The van der Waals surface area contributed by atoms with E-state index in [1.807, 2.05) is 30.3 Å². The molecule has 1 aliphatic carbocycles. The zero-order chi connectivity index (χ0) is 17.5. The van der Waals surface area contributed by atoms with E-state index in [1.54, 1.807) is 0 Å². The number of allylic oxidation sites excluding steroid dienone is 1. The molecule has 1 heterocycles. The van der Waals surface area contributed by atoms with Crippen molar-refractivity contribution in [1.82, 2.24) is 9.97 Å². The Morgan fingerprint density at radius 1 is 1.20 bits per heavy atom. The summed E-state index contributed by atoms with van der Waals surface area (Å²) in [6.07, 6.45) is 9.31. The molecule has 0 amide bonds. The highest BCUT2D eigenvalue weighted by Gasteiger charge is 2.23. The number of anilines is 1. The normalized spacial score (nSPS) is 14.0. The molecule has 0 spiro atoms. The number of nitrogens with zero attached hydrogens (tertiary/aromatic N) is 3. The van der Waals surface area contributed by atoms with E-state index in [9.17, 15) is 10.1 Å². The van der Waals surface area contributed by atoms with Gasteiger partial charge in [-0.15, -0.1) is 0 Å². The van der Waals surface area contributed by atoms with E-state index < -0.39 is 4.92 Å². The molecule has 0 aliphatic heterocycles. The lowest BCUT2D eigenvalue weighted by Crippen LogP contribution is -2.09. The molecule has 1 aromatic carbocycles. The van der Waals surface area contributed by atoms with Crippen LogP contribution in [0, 0.1) is 10.1 Å². The standard InChI is InChI=1S/C18H20N4O2S/c23-22(24)16-17(19-12-11-14-7-3-1-4-8-14)20-13-21-18(16)25-15-9-5-2-6-10-15/h2,5-7,9-10,13H,1,3-4,8,11-12H2,(H,19,20,21). The molecular formula is C18H20N4O2S. The van der Waals surface area contributed by atoms with E-state index in [4.69, 9.17) is 0 Å². The van der Waals surface area contributed by atoms with Gasteiger partial charge < -0.3 is 5.32 Å². The number of nitrogens with one attached hydrogen (secondary N) is 1. The summed E-state index contributed by atoms with van der Waals surface area (Å²) in [5.41, 5.74) is 1.36. The predicted octanol–water partition coefficient (Wildman–Crippen LogP) is 4.84. The van der Waals surface area contributed by atoms with Gasteiger partial charge in [0.1, 0.15) is 6.33 Å². The Bertz CT molecular complexity index is 765. The summed E-state index contributed by atoms with van der Waals surface area (Å²) in [6, 6.07) is 9.50. The lowest BCUT2D eigenvalue weighted by molar-refractivity contribution is -0.387. The minimum Gasteiger partial charge on any atom is -0.364 e. The fourth-order valence-corrected chi connectivity index (χ4v) is 3.69. The fourth-order valence-electron chi connectivity index (χ4n) is 2.80. The maximum atomic E-state index is 11.6. The van der Waals surface area contributed by atoms with Gasteiger partial charge in [-0.25, -0.2) is 9.97 Å². The van der Waals surface area contributed by atoms with Crippen LogP contribution in [0.25, 0.3) is 0 Å². The monoisotopic (exact) mass is 356 g/mol. The highest BCUT2D eigenvalue weighted by atomic mass is 32.2. The summed E-state index contributed by atoms with van der Waals surface area (Å²) in [7, 11) is 0. The molecule has 0 unspecified atom stereocenters. The first kappa shape index (κ1) is 17.4. The van der Waals surface area contributed by atoms with Gasteiger partial charge in [-0.1, -0.05) is 41.6 Å². The number of benzene rings is 1. The van der Waals surface area contributed by atoms with Gasteiger partial charge in [-0.2, -0.15) is 0 Å². The van der Waals surface area contributed by atoms with Crippen LogP contribution in [0.1, 0.15) is 32.1 Å². The zero-order valence-corrected chi connectivity index (χ0v) is 14.7. The van der Waals surface area contributed by atoms with Crippen molar-refractivity contribution < 1.29 is 4.92 Å². The van der Waals surface area contributed by atoms with Gasteiger partial charge in [0.2, 0.25) is 5.82 Å². The molecule has 0 fully saturated rings. The lowest BCUT2D eigenvalue weighted by Gasteiger charge is -2.13. The molecule has 130 valence electrons. The van der Waals surface area contributed by atoms with E-state index in [2.05, 4.69) is 21.4 Å². The van der Waals surface area contributed by atoms with Gasteiger partial charge in [0.15, 0.2) is 5.03 Å². The first-order valence-electron chi connectivity index (χ1n) is 8.38. The van der Waals surface area contributed by atoms with Gasteiger partial charge in [-0.05, 0) is 44.2 Å². The van der Waals surface area contributed by atoms with E-state index in [0.717, 1.165) is 24.2 Å². The number of rotatable bonds is 7. The highest BCUT2D eigenvalue weighted by molar-refractivity contribution is 7.99. The molecule has 7 heteroatoms. The summed E-state index contributed by atoms with van der Waals surface area (Å²) in [6.45, 7) is 0.638. The molecule has 0 saturated carbocycles. The van der Waals surface area contributed by atoms with Crippen molar-refractivity contribution >= 4 is 23.3 Å². The third-order valence-corrected chi connectivity index (χ3v) is 5.05. The third kappa shape index (κ3) is 4.79. The number of hydrogen-bond acceptors (Lipinski definition) is 6. The molecule has 0 saturated heterocycles. The molecular weight excluding hydrogens is 336 g/mol. The Balaban J connectivity index is 1.73. The molecule has 0 atom stereocenters. The van der Waals surface area contributed by atoms with Gasteiger partial charge in [-0.3, -0.25) is 10.1 Å². The van der Waals surface area contributed by atoms with Gasteiger partial charge in [0, 0.05) is 11.4 Å². The van der Waals surface area contributed by atoms with E-state index in [1.165, 1.54) is 36.5 Å². The molecule has 6 nitrogen and oxygen atoms in total. The lowest BCUT2D eigenvalue weighted by atomic mass is 9.97. The average Bonchev–Trinajstić information content (AvgIpc) is 2.63. The van der Waals surface area contributed by atoms with Crippen LogP contribution in [0.5, 0.6) is 0 Å². The number of nitro groups is 1. The maximum Gasteiger partial charge on any atom is 0.343 e. The third-order valence-electron chi connectivity index (χ3n) is 4.05. The molecule has 2 aromatic rings. The Kier molecular flexibility index (Phi) is 6.00. The molecule has 1 N–H and O–H groups in total. The van der Waals surface area contributed by atoms with Crippen LogP contribution in [0.3, 0.4) is 0 Å². The molecule has 3 rings (SSSR count). The van der Waals surface area contributed by atoms with Crippen molar-refractivity contribution in [2.45, 2.75) is 42.0 Å². The Morgan fingerprint density at radius 2 is 2.04 bits per heavy atom. The van der Waals surface area contributed by atoms with Gasteiger partial charge >= 0.3 is 5.69 Å². The molecule has 1 aromatic heterocycles. The number of aromatic nitrogens is 2. The van der Waals surface area contributed by atoms with Crippen molar-refractivity contribution in [1.29, 1.82) is 0 Å². The highest BCUT2D eigenvalue weighted by Crippen LogP contribution is 2.36. The second-order valence-electron chi connectivity index (χ2n) is 5.83. The van der Waals surface area contributed by atoms with Crippen molar-refractivity contribution in [2.75, 3.05) is 11.9 Å². The summed E-state index contributed by atoms with van der Waals surface area (Å²) in [4.78, 5) is 20.3. The molecule has 0 radical (unpaired) electrons. The predicted molar refractivity (Wildman–Crippen MR) is 98.9 cm³/mol. The van der Waals surface area contributed by atoms with Crippen molar-refractivity contribution in [3.8, 4) is 0 Å². The first-order valence-corrected chi connectivity index (χ1v) is 9.20. The minimum atomic E-state index is -0.409. The Hall–Kier alpha value is -2.41. The van der Waals surface area contributed by atoms with Crippen LogP contribution < -0.4 is 5.32 Å². The van der Waals surface area contributed by atoms with Gasteiger partial charge in [0.05, 0.1) is 4.92 Å². The van der Waals surface area contributed by atoms with Crippen LogP contribution in [0.2, 0.25) is 0 Å². The summed E-state index contributed by atoms with van der Waals surface area (Å²) in [5.74, 6) is 0.287. The van der Waals surface area contributed by atoms with Crippen LogP contribution >= 0.6 is 11.8 Å². The second kappa shape index (κ2) is 8.62. The van der Waals surface area contributed by atoms with Crippen molar-refractivity contribution in [3.05, 3.63) is 58.4 Å². The SMILES string of the molecule is O=[N+]([O-])c1c(NCCC2=CCCCC2)ncnc1Sc1ccccc1. The minimum absolute atomic E-state index is 0.0611. The van der Waals surface area contributed by atoms with Crippen LogP contribution in [0.4, 0.5) is 11.5 Å². The number of hydrogen-bond donors (Lipinski definition) is 1.